The molecule has 2 heterocycles. The molecule has 3 N–H and O–H groups in total. The Morgan fingerprint density at radius 3 is 2.56 bits per heavy atom. The summed E-state index contributed by atoms with van der Waals surface area (Å²) in [5.41, 5.74) is 5.63. The van der Waals surface area contributed by atoms with Gasteiger partial charge in [-0.1, -0.05) is 34.1 Å². The summed E-state index contributed by atoms with van der Waals surface area (Å²) in [5, 5.41) is 0. The van der Waals surface area contributed by atoms with Crippen molar-refractivity contribution in [3.63, 3.8) is 0 Å². The molecule has 0 aliphatic heterocycles. The number of aromatic nitrogens is 2. The fraction of sp³-hybridized carbons (Fsp3) is 0.565. The number of aryl methyl sites for hydroxylation is 2. The maximum Gasteiger partial charge on any atom is 0.348 e. The van der Waals surface area contributed by atoms with Crippen molar-refractivity contribution in [1.29, 1.82) is 0 Å². The number of nitrogens with two attached hydrogens (primary N) is 1. The summed E-state index contributed by atoms with van der Waals surface area (Å²) in [6, 6.07) is 1.80. The lowest BCUT2D eigenvalue weighted by atomic mass is 10.1. The van der Waals surface area contributed by atoms with E-state index in [1.807, 2.05) is 20.8 Å². The molecule has 2 rings (SSSR count). The maximum atomic E-state index is 13.0. The largest absolute Gasteiger partial charge is 0.451 e. The van der Waals surface area contributed by atoms with Crippen LogP contribution in [0.3, 0.4) is 0 Å². The highest BCUT2D eigenvalue weighted by Crippen LogP contribution is 2.25. The summed E-state index contributed by atoms with van der Waals surface area (Å²) in [7, 11) is 1.45. The van der Waals surface area contributed by atoms with Crippen LogP contribution in [0.4, 0.5) is 11.5 Å². The monoisotopic (exact) mass is 494 g/mol. The Morgan fingerprint density at radius 2 is 1.97 bits per heavy atom. The van der Waals surface area contributed by atoms with Crippen LogP contribution in [-0.4, -0.2) is 48.3 Å². The summed E-state index contributed by atoms with van der Waals surface area (Å²) in [5.74, 6) is -1.32. The number of rotatable bonds is 12. The highest BCUT2D eigenvalue weighted by molar-refractivity contribution is 7.14. The Kier molecular flexibility index (Phi) is 10.1. The number of H-pyrrole nitrogens is 1. The van der Waals surface area contributed by atoms with Crippen molar-refractivity contribution in [3.05, 3.63) is 42.2 Å². The molecule has 0 saturated carbocycles. The van der Waals surface area contributed by atoms with E-state index in [0.717, 1.165) is 34.6 Å². The molecule has 0 saturated heterocycles. The van der Waals surface area contributed by atoms with Gasteiger partial charge in [-0.05, 0) is 30.4 Å². The van der Waals surface area contributed by atoms with Gasteiger partial charge in [-0.3, -0.25) is 24.0 Å². The summed E-state index contributed by atoms with van der Waals surface area (Å²) < 4.78 is 11.6. The quantitative estimate of drug-likeness (QED) is 0.432. The van der Waals surface area contributed by atoms with Crippen LogP contribution in [0.5, 0.6) is 0 Å². The minimum atomic E-state index is -0.798. The van der Waals surface area contributed by atoms with Crippen LogP contribution in [0.1, 0.15) is 54.2 Å². The van der Waals surface area contributed by atoms with Crippen LogP contribution in [0.2, 0.25) is 0 Å². The number of thiophene rings is 1. The van der Waals surface area contributed by atoms with E-state index in [1.165, 1.54) is 23.0 Å². The Hall–Kier alpha value is -2.92. The van der Waals surface area contributed by atoms with Crippen LogP contribution >= 0.6 is 11.3 Å². The normalized spacial score (nSPS) is 11.1. The van der Waals surface area contributed by atoms with Crippen LogP contribution in [0, 0.1) is 5.92 Å². The highest BCUT2D eigenvalue weighted by atomic mass is 32.1. The third kappa shape index (κ3) is 6.57. The SMILES string of the molecule is CCCc1sc(C(=O)OCC(=O)N(CCOC)c2c(N)n(CC(C)C)c(=O)[nH]c2=O)cc1CC. The first-order valence-corrected chi connectivity index (χ1v) is 12.2. The van der Waals surface area contributed by atoms with E-state index in [1.54, 1.807) is 6.07 Å². The van der Waals surface area contributed by atoms with Crippen molar-refractivity contribution >= 4 is 34.7 Å². The van der Waals surface area contributed by atoms with E-state index in [2.05, 4.69) is 11.9 Å². The highest BCUT2D eigenvalue weighted by Gasteiger charge is 2.26. The second kappa shape index (κ2) is 12.5. The lowest BCUT2D eigenvalue weighted by Crippen LogP contribution is -2.44. The third-order valence-corrected chi connectivity index (χ3v) is 6.35. The van der Waals surface area contributed by atoms with Gasteiger partial charge in [-0.25, -0.2) is 9.59 Å². The predicted molar refractivity (Wildman–Crippen MR) is 133 cm³/mol. The number of hydrogen-bond donors (Lipinski definition) is 2. The van der Waals surface area contributed by atoms with Crippen molar-refractivity contribution in [1.82, 2.24) is 9.55 Å². The number of nitrogens with zero attached hydrogens (tertiary/aromatic N) is 2. The zero-order valence-corrected chi connectivity index (χ0v) is 21.3. The van der Waals surface area contributed by atoms with Gasteiger partial charge in [0.15, 0.2) is 12.3 Å². The average molecular weight is 495 g/mol. The minimum Gasteiger partial charge on any atom is -0.451 e. The molecule has 2 aromatic heterocycles. The number of anilines is 2. The number of carbonyl (C=O) groups is 2. The van der Waals surface area contributed by atoms with Gasteiger partial charge >= 0.3 is 11.7 Å². The van der Waals surface area contributed by atoms with Gasteiger partial charge in [0.2, 0.25) is 0 Å². The Balaban J connectivity index is 2.29. The first-order chi connectivity index (χ1) is 16.1. The standard InChI is InChI=1S/C23H34N4O6S/c1-6-8-16-15(7-2)11-17(34-16)22(30)33-13-18(28)26(9-10-32-5)19-20(24)27(12-14(3)4)23(31)25-21(19)29/h11,14H,6-10,12-13,24H2,1-5H3,(H,25,29,31). The topological polar surface area (TPSA) is 137 Å². The Bertz CT molecular complexity index is 1120. The molecule has 2 aromatic rings. The predicted octanol–water partition coefficient (Wildman–Crippen LogP) is 2.19. The van der Waals surface area contributed by atoms with E-state index in [9.17, 15) is 19.2 Å². The van der Waals surface area contributed by atoms with Crippen molar-refractivity contribution < 1.29 is 19.1 Å². The molecule has 0 radical (unpaired) electrons. The van der Waals surface area contributed by atoms with Gasteiger partial charge in [0.1, 0.15) is 10.7 Å². The number of ether oxygens (including phenoxy) is 2. The molecule has 10 nitrogen and oxygen atoms in total. The van der Waals surface area contributed by atoms with Crippen LogP contribution in [0.25, 0.3) is 0 Å². The molecule has 0 fully saturated rings. The Morgan fingerprint density at radius 1 is 1.26 bits per heavy atom. The van der Waals surface area contributed by atoms with Gasteiger partial charge in [0, 0.05) is 25.1 Å². The molecule has 0 aromatic carbocycles. The molecular formula is C23H34N4O6S. The maximum absolute atomic E-state index is 13.0. The molecule has 34 heavy (non-hydrogen) atoms. The zero-order chi connectivity index (χ0) is 25.4. The van der Waals surface area contributed by atoms with E-state index < -0.39 is 29.7 Å². The summed E-state index contributed by atoms with van der Waals surface area (Å²) >= 11 is 1.37. The number of aromatic amines is 1. The molecule has 0 spiro atoms. The molecule has 11 heteroatoms. The fourth-order valence-corrected chi connectivity index (χ4v) is 4.76. The fourth-order valence-electron chi connectivity index (χ4n) is 3.51. The number of nitrogen functional groups attached to an aromatic ring is 1. The lowest BCUT2D eigenvalue weighted by molar-refractivity contribution is -0.121. The van der Waals surface area contributed by atoms with Gasteiger partial charge < -0.3 is 15.2 Å². The van der Waals surface area contributed by atoms with Crippen molar-refractivity contribution in [3.8, 4) is 0 Å². The smallest absolute Gasteiger partial charge is 0.348 e. The minimum absolute atomic E-state index is 0.0142. The first kappa shape index (κ1) is 27.3. The zero-order valence-electron chi connectivity index (χ0n) is 20.4. The van der Waals surface area contributed by atoms with E-state index >= 15 is 0 Å². The first-order valence-electron chi connectivity index (χ1n) is 11.3. The van der Waals surface area contributed by atoms with E-state index in [4.69, 9.17) is 15.2 Å². The van der Waals surface area contributed by atoms with Crippen molar-refractivity contribution in [2.45, 2.75) is 53.5 Å². The van der Waals surface area contributed by atoms with Crippen molar-refractivity contribution in [2.24, 2.45) is 5.92 Å². The number of esters is 1. The molecule has 0 bridgehead atoms. The molecule has 188 valence electrons. The van der Waals surface area contributed by atoms with Crippen LogP contribution < -0.4 is 21.9 Å². The van der Waals surface area contributed by atoms with Crippen LogP contribution in [-0.2, 0) is 33.7 Å². The number of carbonyl (C=O) groups excluding carboxylic acids is 2. The third-order valence-electron chi connectivity index (χ3n) is 5.13. The Labute approximate surface area is 202 Å². The number of methoxy groups -OCH3 is 1. The van der Waals surface area contributed by atoms with Gasteiger partial charge in [0.25, 0.3) is 11.5 Å². The molecular weight excluding hydrogens is 460 g/mol. The second-order valence-electron chi connectivity index (χ2n) is 8.27. The van der Waals surface area contributed by atoms with Crippen LogP contribution in [0.15, 0.2) is 15.7 Å². The van der Waals surface area contributed by atoms with Gasteiger partial charge in [0.05, 0.1) is 6.61 Å². The molecule has 0 aliphatic rings. The average Bonchev–Trinajstić information content (AvgIpc) is 3.20. The number of hydrogen-bond acceptors (Lipinski definition) is 8. The number of nitrogens with one attached hydrogen (secondary N) is 1. The molecule has 1 amide bonds. The molecule has 0 aliphatic carbocycles. The van der Waals surface area contributed by atoms with E-state index in [-0.39, 0.29) is 37.1 Å². The summed E-state index contributed by atoms with van der Waals surface area (Å²) in [6.45, 7) is 7.64. The van der Waals surface area contributed by atoms with E-state index in [0.29, 0.717) is 4.88 Å². The number of amides is 1. The molecule has 0 atom stereocenters. The lowest BCUT2D eigenvalue weighted by Gasteiger charge is -2.24. The molecule has 0 unspecified atom stereocenters. The summed E-state index contributed by atoms with van der Waals surface area (Å²) in [6.07, 6.45) is 2.64. The summed E-state index contributed by atoms with van der Waals surface area (Å²) in [4.78, 5) is 55.4. The van der Waals surface area contributed by atoms with Crippen molar-refractivity contribution in [2.75, 3.05) is 37.5 Å². The van der Waals surface area contributed by atoms with Gasteiger partial charge in [-0.15, -0.1) is 11.3 Å². The van der Waals surface area contributed by atoms with Gasteiger partial charge in [-0.2, -0.15) is 0 Å². The second-order valence-corrected chi connectivity index (χ2v) is 9.41.